The molecule has 3 heterocycles. The van der Waals surface area contributed by atoms with E-state index in [2.05, 4.69) is 44.5 Å². The quantitative estimate of drug-likeness (QED) is 0.717. The lowest BCUT2D eigenvalue weighted by Gasteiger charge is -2.47. The Morgan fingerprint density at radius 2 is 2.03 bits per heavy atom. The topological polar surface area (TPSA) is 87.0 Å². The number of nitrogens with zero attached hydrogens (tertiary/aromatic N) is 5. The van der Waals surface area contributed by atoms with Gasteiger partial charge < -0.3 is 15.0 Å². The molecule has 1 aliphatic rings. The van der Waals surface area contributed by atoms with E-state index in [0.717, 1.165) is 46.5 Å². The number of aryl methyl sites for hydroxylation is 1. The predicted octanol–water partition coefficient (Wildman–Crippen LogP) is 3.35. The van der Waals surface area contributed by atoms with Gasteiger partial charge in [-0.1, -0.05) is 12.1 Å². The number of rotatable bonds is 5. The van der Waals surface area contributed by atoms with Gasteiger partial charge in [0.1, 0.15) is 5.82 Å². The molecule has 1 aromatic carbocycles. The van der Waals surface area contributed by atoms with Gasteiger partial charge >= 0.3 is 0 Å². The first-order valence-electron chi connectivity index (χ1n) is 9.60. The van der Waals surface area contributed by atoms with Crippen molar-refractivity contribution in [3.05, 3.63) is 52.8 Å². The Balaban J connectivity index is 1.63. The minimum absolute atomic E-state index is 0.118. The highest BCUT2D eigenvalue weighted by Gasteiger charge is 2.39. The molecule has 0 aliphatic carbocycles. The molecule has 4 rings (SSSR count). The number of ether oxygens (including phenoxy) is 1. The van der Waals surface area contributed by atoms with Crippen LogP contribution in [0.3, 0.4) is 0 Å². The van der Waals surface area contributed by atoms with Gasteiger partial charge in [-0.05, 0) is 44.0 Å². The molecule has 0 radical (unpaired) electrons. The number of benzene rings is 1. The van der Waals surface area contributed by atoms with E-state index in [1.54, 1.807) is 7.11 Å². The van der Waals surface area contributed by atoms with Crippen molar-refractivity contribution in [2.24, 2.45) is 0 Å². The minimum atomic E-state index is -0.118. The minimum Gasteiger partial charge on any atom is -0.375 e. The molecule has 3 aromatic rings. The summed E-state index contributed by atoms with van der Waals surface area (Å²) in [5, 5.41) is 23.3. The Hall–Kier alpha value is -3.24. The van der Waals surface area contributed by atoms with E-state index in [-0.39, 0.29) is 5.60 Å². The Morgan fingerprint density at radius 1 is 1.24 bits per heavy atom. The van der Waals surface area contributed by atoms with E-state index in [1.807, 2.05) is 38.2 Å². The highest BCUT2D eigenvalue weighted by molar-refractivity contribution is 5.94. The zero-order chi connectivity index (χ0) is 20.6. The van der Waals surface area contributed by atoms with Crippen LogP contribution < -0.4 is 10.2 Å². The lowest BCUT2D eigenvalue weighted by Crippen LogP contribution is -2.61. The van der Waals surface area contributed by atoms with Crippen LogP contribution in [-0.4, -0.2) is 41.0 Å². The smallest absolute Gasteiger partial charge is 0.157 e. The summed E-state index contributed by atoms with van der Waals surface area (Å²) in [6, 6.07) is 10.1. The van der Waals surface area contributed by atoms with E-state index in [9.17, 15) is 5.26 Å². The second kappa shape index (κ2) is 7.30. The largest absolute Gasteiger partial charge is 0.375 e. The lowest BCUT2D eigenvalue weighted by atomic mass is 9.96. The third-order valence-electron chi connectivity index (χ3n) is 5.71. The van der Waals surface area contributed by atoms with Crippen LogP contribution in [0.4, 0.5) is 11.6 Å². The van der Waals surface area contributed by atoms with Crippen LogP contribution >= 0.6 is 0 Å². The molecule has 148 valence electrons. The van der Waals surface area contributed by atoms with E-state index in [0.29, 0.717) is 17.9 Å². The molecule has 7 heteroatoms. The maximum absolute atomic E-state index is 9.25. The second-order valence-electron chi connectivity index (χ2n) is 7.79. The lowest BCUT2D eigenvalue weighted by molar-refractivity contribution is -0.0171. The van der Waals surface area contributed by atoms with Crippen molar-refractivity contribution in [2.45, 2.75) is 32.9 Å². The number of hydrogen-bond donors (Lipinski definition) is 1. The Labute approximate surface area is 170 Å². The van der Waals surface area contributed by atoms with E-state index < -0.39 is 0 Å². The fraction of sp³-hybridized carbons (Fsp3) is 0.364. The first-order valence-corrected chi connectivity index (χ1v) is 9.60. The second-order valence-corrected chi connectivity index (χ2v) is 7.79. The van der Waals surface area contributed by atoms with E-state index in [1.165, 1.54) is 0 Å². The molecule has 0 atom stereocenters. The van der Waals surface area contributed by atoms with Crippen molar-refractivity contribution < 1.29 is 4.74 Å². The number of nitriles is 1. The van der Waals surface area contributed by atoms with E-state index in [4.69, 9.17) is 4.74 Å². The standard InChI is InChI=1S/C22H24N6O/c1-14-16(9-23)6-5-7-17(14)10-25-21-18-8-20(28-12-22(3,13-28)29-4)24-11-19(18)15(2)26-27-21/h5-8,11H,10,12-13H2,1-4H3,(H,25,27). The van der Waals surface area contributed by atoms with Gasteiger partial charge in [0.2, 0.25) is 0 Å². The van der Waals surface area contributed by atoms with E-state index >= 15 is 0 Å². The summed E-state index contributed by atoms with van der Waals surface area (Å²) >= 11 is 0. The molecule has 29 heavy (non-hydrogen) atoms. The molecule has 0 amide bonds. The summed E-state index contributed by atoms with van der Waals surface area (Å²) in [6.07, 6.45) is 1.86. The van der Waals surface area contributed by atoms with Gasteiger partial charge in [0.15, 0.2) is 5.82 Å². The predicted molar refractivity (Wildman–Crippen MR) is 113 cm³/mol. The summed E-state index contributed by atoms with van der Waals surface area (Å²) in [5.41, 5.74) is 3.46. The number of anilines is 2. The van der Waals surface area contributed by atoms with Gasteiger partial charge in [-0.25, -0.2) is 4.98 Å². The molecule has 1 N–H and O–H groups in total. The number of pyridine rings is 1. The Kier molecular flexibility index (Phi) is 4.81. The molecule has 1 saturated heterocycles. The van der Waals surface area contributed by atoms with Crippen molar-refractivity contribution in [3.8, 4) is 6.07 Å². The fourth-order valence-electron chi connectivity index (χ4n) is 3.69. The van der Waals surface area contributed by atoms with Gasteiger partial charge in [0.05, 0.1) is 22.9 Å². The first kappa shape index (κ1) is 19.1. The third-order valence-corrected chi connectivity index (χ3v) is 5.71. The SMILES string of the molecule is COC1(C)CN(c2cc3c(NCc4cccc(C#N)c4C)nnc(C)c3cn2)C1. The van der Waals surface area contributed by atoms with Crippen LogP contribution in [0.1, 0.15) is 29.3 Å². The van der Waals surface area contributed by atoms with Gasteiger partial charge in [-0.3, -0.25) is 0 Å². The van der Waals surface area contributed by atoms with Gasteiger partial charge in [0, 0.05) is 43.7 Å². The molecular weight excluding hydrogens is 364 g/mol. The molecule has 7 nitrogen and oxygen atoms in total. The number of fused-ring (bicyclic) bond motifs is 1. The molecule has 2 aromatic heterocycles. The highest BCUT2D eigenvalue weighted by atomic mass is 16.5. The van der Waals surface area contributed by atoms with Crippen LogP contribution in [0, 0.1) is 25.2 Å². The first-order chi connectivity index (χ1) is 13.9. The zero-order valence-corrected chi connectivity index (χ0v) is 17.2. The van der Waals surface area contributed by atoms with Crippen LogP contribution in [0.25, 0.3) is 10.8 Å². The van der Waals surface area contributed by atoms with Crippen molar-refractivity contribution in [2.75, 3.05) is 30.4 Å². The zero-order valence-electron chi connectivity index (χ0n) is 17.2. The molecule has 0 unspecified atom stereocenters. The molecular formula is C22H24N6O. The number of aromatic nitrogens is 3. The van der Waals surface area contributed by atoms with Crippen molar-refractivity contribution in [1.82, 2.24) is 15.2 Å². The average Bonchev–Trinajstić information content (AvgIpc) is 2.71. The molecule has 0 spiro atoms. The molecule has 1 fully saturated rings. The van der Waals surface area contributed by atoms with Crippen LogP contribution in [0.2, 0.25) is 0 Å². The Bertz CT molecular complexity index is 1110. The maximum atomic E-state index is 9.25. The van der Waals surface area contributed by atoms with Crippen LogP contribution in [0.5, 0.6) is 0 Å². The third kappa shape index (κ3) is 3.47. The van der Waals surface area contributed by atoms with Gasteiger partial charge in [0.25, 0.3) is 0 Å². The normalized spacial score (nSPS) is 15.1. The Morgan fingerprint density at radius 3 is 2.76 bits per heavy atom. The monoisotopic (exact) mass is 388 g/mol. The summed E-state index contributed by atoms with van der Waals surface area (Å²) in [5.74, 6) is 1.62. The van der Waals surface area contributed by atoms with Crippen LogP contribution in [-0.2, 0) is 11.3 Å². The van der Waals surface area contributed by atoms with Gasteiger partial charge in [-0.2, -0.15) is 10.4 Å². The number of hydrogen-bond acceptors (Lipinski definition) is 7. The molecule has 0 saturated carbocycles. The van der Waals surface area contributed by atoms with Crippen molar-refractivity contribution >= 4 is 22.4 Å². The van der Waals surface area contributed by atoms with Crippen molar-refractivity contribution in [1.29, 1.82) is 5.26 Å². The van der Waals surface area contributed by atoms with Crippen LogP contribution in [0.15, 0.2) is 30.5 Å². The maximum Gasteiger partial charge on any atom is 0.157 e. The number of methoxy groups -OCH3 is 1. The summed E-state index contributed by atoms with van der Waals surface area (Å²) in [4.78, 5) is 6.82. The fourth-order valence-corrected chi connectivity index (χ4v) is 3.69. The average molecular weight is 388 g/mol. The molecule has 0 bridgehead atoms. The highest BCUT2D eigenvalue weighted by Crippen LogP contribution is 2.32. The molecule has 1 aliphatic heterocycles. The van der Waals surface area contributed by atoms with Crippen molar-refractivity contribution in [3.63, 3.8) is 0 Å². The summed E-state index contributed by atoms with van der Waals surface area (Å²) < 4.78 is 5.55. The number of nitrogens with one attached hydrogen (secondary N) is 1. The summed E-state index contributed by atoms with van der Waals surface area (Å²) in [6.45, 7) is 8.19. The van der Waals surface area contributed by atoms with Gasteiger partial charge in [-0.15, -0.1) is 5.10 Å². The summed E-state index contributed by atoms with van der Waals surface area (Å²) in [7, 11) is 1.75.